The summed E-state index contributed by atoms with van der Waals surface area (Å²) in [5.41, 5.74) is 7.18. The lowest BCUT2D eigenvalue weighted by Gasteiger charge is -2.39. The molecule has 3 N–H and O–H groups in total. The number of benzene rings is 1. The summed E-state index contributed by atoms with van der Waals surface area (Å²) in [7, 11) is 0. The Labute approximate surface area is 117 Å². The molecule has 1 aliphatic heterocycles. The molecule has 98 valence electrons. The van der Waals surface area contributed by atoms with E-state index in [1.165, 1.54) is 0 Å². The largest absolute Gasteiger partial charge is 0.384 e. The molecule has 0 radical (unpaired) electrons. The summed E-state index contributed by atoms with van der Waals surface area (Å²) in [6.45, 7) is 6.56. The molecule has 18 heavy (non-hydrogen) atoms. The molecule has 0 atom stereocenters. The highest BCUT2D eigenvalue weighted by atomic mass is 35.5. The topological polar surface area (TPSA) is 53.1 Å². The van der Waals surface area contributed by atoms with Gasteiger partial charge in [0.1, 0.15) is 5.84 Å². The van der Waals surface area contributed by atoms with Gasteiger partial charge in [-0.05, 0) is 32.0 Å². The normalized spacial score (nSPS) is 18.7. The molecule has 1 fully saturated rings. The maximum atomic E-state index is 7.43. The second-order valence-electron chi connectivity index (χ2n) is 5.11. The van der Waals surface area contributed by atoms with E-state index in [0.29, 0.717) is 10.6 Å². The van der Waals surface area contributed by atoms with Crippen LogP contribution in [0.15, 0.2) is 18.2 Å². The maximum Gasteiger partial charge on any atom is 0.124 e. The molecule has 2 rings (SSSR count). The molecule has 1 aromatic carbocycles. The SMILES string of the molecule is CC1(C)CN(c2ccc(C(=N)N)c(Cl)c2)CCS1. The number of nitrogens with one attached hydrogen (secondary N) is 1. The van der Waals surface area contributed by atoms with E-state index in [-0.39, 0.29) is 10.6 Å². The zero-order valence-electron chi connectivity index (χ0n) is 10.7. The monoisotopic (exact) mass is 283 g/mol. The molecule has 0 unspecified atom stereocenters. The van der Waals surface area contributed by atoms with Gasteiger partial charge in [0.2, 0.25) is 0 Å². The van der Waals surface area contributed by atoms with E-state index in [1.54, 1.807) is 0 Å². The molecular formula is C13H18ClN3S. The predicted octanol–water partition coefficient (Wildman–Crippen LogP) is 2.96. The predicted molar refractivity (Wildman–Crippen MR) is 81.2 cm³/mol. The van der Waals surface area contributed by atoms with Crippen LogP contribution in [0.2, 0.25) is 5.02 Å². The maximum absolute atomic E-state index is 7.43. The fourth-order valence-corrected chi connectivity index (χ4v) is 3.54. The van der Waals surface area contributed by atoms with Crippen molar-refractivity contribution in [3.63, 3.8) is 0 Å². The molecule has 1 heterocycles. The van der Waals surface area contributed by atoms with Gasteiger partial charge in [-0.3, -0.25) is 5.41 Å². The molecule has 3 nitrogen and oxygen atoms in total. The third-order valence-corrected chi connectivity index (χ3v) is 4.64. The van der Waals surface area contributed by atoms with Crippen LogP contribution in [0.5, 0.6) is 0 Å². The van der Waals surface area contributed by atoms with Crippen molar-refractivity contribution in [1.29, 1.82) is 5.41 Å². The fraction of sp³-hybridized carbons (Fsp3) is 0.462. The summed E-state index contributed by atoms with van der Waals surface area (Å²) in [5.74, 6) is 1.14. The number of halogens is 1. The van der Waals surface area contributed by atoms with E-state index in [4.69, 9.17) is 22.7 Å². The van der Waals surface area contributed by atoms with Gasteiger partial charge in [0.05, 0.1) is 5.02 Å². The van der Waals surface area contributed by atoms with Crippen molar-refractivity contribution in [1.82, 2.24) is 0 Å². The van der Waals surface area contributed by atoms with E-state index in [1.807, 2.05) is 30.0 Å². The molecule has 1 aliphatic rings. The van der Waals surface area contributed by atoms with Crippen molar-refractivity contribution in [2.75, 3.05) is 23.7 Å². The van der Waals surface area contributed by atoms with Gasteiger partial charge in [-0.2, -0.15) is 11.8 Å². The van der Waals surface area contributed by atoms with Crippen molar-refractivity contribution in [2.45, 2.75) is 18.6 Å². The summed E-state index contributed by atoms with van der Waals surface area (Å²) >= 11 is 8.16. The van der Waals surface area contributed by atoms with E-state index >= 15 is 0 Å². The second kappa shape index (κ2) is 5.02. The zero-order valence-corrected chi connectivity index (χ0v) is 12.2. The standard InChI is InChI=1S/C13H18ClN3S/c1-13(2)8-17(5-6-18-13)9-3-4-10(12(15)16)11(14)7-9/h3-4,7H,5-6,8H2,1-2H3,(H3,15,16). The number of hydrogen-bond donors (Lipinski definition) is 2. The number of nitrogens with zero attached hydrogens (tertiary/aromatic N) is 1. The quantitative estimate of drug-likeness (QED) is 0.648. The van der Waals surface area contributed by atoms with Crippen LogP contribution in [0.1, 0.15) is 19.4 Å². The van der Waals surface area contributed by atoms with Crippen molar-refractivity contribution in [3.8, 4) is 0 Å². The smallest absolute Gasteiger partial charge is 0.124 e. The first-order valence-corrected chi connectivity index (χ1v) is 7.28. The molecular weight excluding hydrogens is 266 g/mol. The molecule has 0 aliphatic carbocycles. The molecule has 1 aromatic rings. The van der Waals surface area contributed by atoms with Crippen molar-refractivity contribution in [3.05, 3.63) is 28.8 Å². The lowest BCUT2D eigenvalue weighted by atomic mass is 10.1. The molecule has 1 saturated heterocycles. The van der Waals surface area contributed by atoms with E-state index in [2.05, 4.69) is 18.7 Å². The van der Waals surface area contributed by atoms with Gasteiger partial charge in [-0.15, -0.1) is 0 Å². The summed E-state index contributed by atoms with van der Waals surface area (Å²) < 4.78 is 0.268. The number of rotatable bonds is 2. The van der Waals surface area contributed by atoms with Gasteiger partial charge in [-0.1, -0.05) is 11.6 Å². The fourth-order valence-electron chi connectivity index (χ4n) is 2.16. The zero-order chi connectivity index (χ0) is 13.3. The Bertz CT molecular complexity index is 473. The molecule has 5 heteroatoms. The first-order chi connectivity index (χ1) is 8.39. The van der Waals surface area contributed by atoms with Crippen LogP contribution < -0.4 is 10.6 Å². The number of nitrogens with two attached hydrogens (primary N) is 1. The second-order valence-corrected chi connectivity index (χ2v) is 7.32. The minimum Gasteiger partial charge on any atom is -0.384 e. The van der Waals surface area contributed by atoms with Crippen molar-refractivity contribution in [2.24, 2.45) is 5.73 Å². The average Bonchev–Trinajstić information content (AvgIpc) is 2.27. The third-order valence-electron chi connectivity index (χ3n) is 3.03. The first-order valence-electron chi connectivity index (χ1n) is 5.92. The van der Waals surface area contributed by atoms with Gasteiger partial charge < -0.3 is 10.6 Å². The third kappa shape index (κ3) is 2.93. The Hall–Kier alpha value is -0.870. The van der Waals surface area contributed by atoms with E-state index in [9.17, 15) is 0 Å². The highest BCUT2D eigenvalue weighted by Gasteiger charge is 2.27. The number of hydrogen-bond acceptors (Lipinski definition) is 3. The van der Waals surface area contributed by atoms with Crippen LogP contribution in [0, 0.1) is 5.41 Å². The number of amidine groups is 1. The van der Waals surface area contributed by atoms with E-state index < -0.39 is 0 Å². The van der Waals surface area contributed by atoms with Gasteiger partial charge >= 0.3 is 0 Å². The van der Waals surface area contributed by atoms with Crippen LogP contribution in [-0.4, -0.2) is 29.4 Å². The molecule has 0 bridgehead atoms. The first kappa shape index (κ1) is 13.6. The van der Waals surface area contributed by atoms with Gasteiger partial charge in [0.15, 0.2) is 0 Å². The van der Waals surface area contributed by atoms with E-state index in [0.717, 1.165) is 24.5 Å². The van der Waals surface area contributed by atoms with Gasteiger partial charge in [0, 0.05) is 34.8 Å². The minimum atomic E-state index is 0.0149. The Morgan fingerprint density at radius 3 is 2.78 bits per heavy atom. The van der Waals surface area contributed by atoms with Gasteiger partial charge in [-0.25, -0.2) is 0 Å². The minimum absolute atomic E-state index is 0.0149. The van der Waals surface area contributed by atoms with Crippen LogP contribution in [-0.2, 0) is 0 Å². The lowest BCUT2D eigenvalue weighted by Crippen LogP contribution is -2.43. The molecule has 0 saturated carbocycles. The Morgan fingerprint density at radius 2 is 2.22 bits per heavy atom. The van der Waals surface area contributed by atoms with Crippen molar-refractivity contribution >= 4 is 34.9 Å². The van der Waals surface area contributed by atoms with Crippen LogP contribution in [0.3, 0.4) is 0 Å². The highest BCUT2D eigenvalue weighted by molar-refractivity contribution is 8.00. The Balaban J connectivity index is 2.24. The average molecular weight is 284 g/mol. The Kier molecular flexibility index (Phi) is 3.78. The van der Waals surface area contributed by atoms with Crippen molar-refractivity contribution < 1.29 is 0 Å². The number of anilines is 1. The lowest BCUT2D eigenvalue weighted by molar-refractivity contribution is 0.648. The molecule has 0 amide bonds. The van der Waals surface area contributed by atoms with Crippen LogP contribution in [0.25, 0.3) is 0 Å². The number of nitrogen functional groups attached to an aromatic ring is 1. The summed E-state index contributed by atoms with van der Waals surface area (Å²) in [4.78, 5) is 2.34. The van der Waals surface area contributed by atoms with Gasteiger partial charge in [0.25, 0.3) is 0 Å². The van der Waals surface area contributed by atoms with Crippen LogP contribution in [0.4, 0.5) is 5.69 Å². The summed E-state index contributed by atoms with van der Waals surface area (Å²) in [6.07, 6.45) is 0. The van der Waals surface area contributed by atoms with Crippen LogP contribution >= 0.6 is 23.4 Å². The molecule has 0 spiro atoms. The summed E-state index contributed by atoms with van der Waals surface area (Å²) in [6, 6.07) is 5.73. The number of thioether (sulfide) groups is 1. The highest BCUT2D eigenvalue weighted by Crippen LogP contribution is 2.33. The Morgan fingerprint density at radius 1 is 1.50 bits per heavy atom. The molecule has 0 aromatic heterocycles. The summed E-state index contributed by atoms with van der Waals surface area (Å²) in [5, 5.41) is 7.98.